The average Bonchev–Trinajstić information content (AvgIpc) is 2.15. The van der Waals surface area contributed by atoms with Crippen LogP contribution in [0.2, 0.25) is 0 Å². The number of halogens is 3. The Bertz CT molecular complexity index is 353. The summed E-state index contributed by atoms with van der Waals surface area (Å²) in [5.41, 5.74) is 0.210. The van der Waals surface area contributed by atoms with E-state index in [2.05, 4.69) is 4.18 Å². The second-order valence-corrected chi connectivity index (χ2v) is 3.66. The lowest BCUT2D eigenvalue weighted by molar-refractivity contribution is -0.151. The summed E-state index contributed by atoms with van der Waals surface area (Å²) < 4.78 is 59.7. The normalized spacial score (nSPS) is 15.8. The number of hydrogen-bond acceptors (Lipinski definition) is 2. The van der Waals surface area contributed by atoms with Gasteiger partial charge in [-0.25, -0.2) is 0 Å². The van der Waals surface area contributed by atoms with Gasteiger partial charge in [0.05, 0.1) is 6.42 Å². The van der Waals surface area contributed by atoms with Crippen molar-refractivity contribution in [3.8, 4) is 0 Å². The molecule has 1 aromatic carbocycles. The van der Waals surface area contributed by atoms with Crippen LogP contribution in [0.3, 0.4) is 0 Å². The van der Waals surface area contributed by atoms with Crippen molar-refractivity contribution >= 4 is 11.4 Å². The van der Waals surface area contributed by atoms with Crippen molar-refractivity contribution in [2.45, 2.75) is 18.7 Å². The van der Waals surface area contributed by atoms with Crippen LogP contribution in [0, 0.1) is 0 Å². The van der Waals surface area contributed by atoms with Gasteiger partial charge in [0.2, 0.25) is 0 Å². The zero-order valence-corrected chi connectivity index (χ0v) is 8.79. The Morgan fingerprint density at radius 1 is 1.31 bits per heavy atom. The molecule has 3 nitrogen and oxygen atoms in total. The molecule has 1 rings (SSSR count). The molecule has 1 aromatic rings. The number of benzene rings is 1. The minimum atomic E-state index is -4.46. The first kappa shape index (κ1) is 13.1. The molecule has 7 heteroatoms. The molecule has 90 valence electrons. The molecular formula is C9H9F3O3S. The van der Waals surface area contributed by atoms with Gasteiger partial charge in [0.1, 0.15) is 6.10 Å². The lowest BCUT2D eigenvalue weighted by Gasteiger charge is -2.17. The van der Waals surface area contributed by atoms with Crippen molar-refractivity contribution in [3.05, 3.63) is 35.9 Å². The molecule has 16 heavy (non-hydrogen) atoms. The molecular weight excluding hydrogens is 245 g/mol. The number of rotatable bonds is 4. The van der Waals surface area contributed by atoms with Crippen molar-refractivity contribution in [1.82, 2.24) is 0 Å². The summed E-state index contributed by atoms with van der Waals surface area (Å²) in [6.07, 6.45) is -7.23. The van der Waals surface area contributed by atoms with Crippen molar-refractivity contribution in [2.75, 3.05) is 0 Å². The molecule has 0 saturated heterocycles. The van der Waals surface area contributed by atoms with E-state index in [1.165, 1.54) is 24.3 Å². The fraction of sp³-hybridized carbons (Fsp3) is 0.333. The molecule has 0 aliphatic rings. The zero-order chi connectivity index (χ0) is 12.2. The summed E-state index contributed by atoms with van der Waals surface area (Å²) in [6.45, 7) is 0. The van der Waals surface area contributed by atoms with Crippen LogP contribution in [-0.2, 0) is 15.5 Å². The van der Waals surface area contributed by atoms with Gasteiger partial charge in [0.15, 0.2) is 0 Å². The second-order valence-electron chi connectivity index (χ2n) is 3.03. The molecule has 0 aliphatic carbocycles. The molecule has 2 unspecified atom stereocenters. The molecule has 0 saturated carbocycles. The first-order valence-corrected chi connectivity index (χ1v) is 5.31. The lowest BCUT2D eigenvalue weighted by Crippen LogP contribution is -2.17. The topological polar surface area (TPSA) is 46.5 Å². The smallest absolute Gasteiger partial charge is 0.284 e. The number of hydrogen-bond donors (Lipinski definition) is 1. The van der Waals surface area contributed by atoms with Crippen LogP contribution in [0.1, 0.15) is 18.1 Å². The maximum atomic E-state index is 12.2. The Hall–Kier alpha value is -0.920. The van der Waals surface area contributed by atoms with Crippen LogP contribution in [0.25, 0.3) is 0 Å². The van der Waals surface area contributed by atoms with E-state index >= 15 is 0 Å². The summed E-state index contributed by atoms with van der Waals surface area (Å²) in [6, 6.07) is 7.50. The monoisotopic (exact) mass is 254 g/mol. The lowest BCUT2D eigenvalue weighted by atomic mass is 10.1. The highest BCUT2D eigenvalue weighted by Gasteiger charge is 2.34. The Morgan fingerprint density at radius 2 is 1.88 bits per heavy atom. The van der Waals surface area contributed by atoms with E-state index in [-0.39, 0.29) is 5.56 Å². The first-order chi connectivity index (χ1) is 7.38. The van der Waals surface area contributed by atoms with Crippen LogP contribution in [0.5, 0.6) is 0 Å². The Labute approximate surface area is 92.7 Å². The standard InChI is InChI=1S/C9H9F3O3S/c10-9(11,12)6-8(15-16(13)14)7-4-2-1-3-5-7/h1-5,8H,6H2,(H,13,14). The third kappa shape index (κ3) is 4.73. The van der Waals surface area contributed by atoms with E-state index in [9.17, 15) is 17.4 Å². The third-order valence-corrected chi connectivity index (χ3v) is 2.18. The first-order valence-electron chi connectivity index (χ1n) is 4.28. The summed E-state index contributed by atoms with van der Waals surface area (Å²) in [4.78, 5) is 0. The maximum absolute atomic E-state index is 12.2. The van der Waals surface area contributed by atoms with Crippen LogP contribution in [-0.4, -0.2) is 14.9 Å². The van der Waals surface area contributed by atoms with E-state index in [4.69, 9.17) is 4.55 Å². The summed E-state index contributed by atoms with van der Waals surface area (Å²) in [7, 11) is 0. The predicted octanol–water partition coefficient (Wildman–Crippen LogP) is 2.83. The Kier molecular flexibility index (Phi) is 4.45. The molecule has 0 spiro atoms. The molecule has 0 bridgehead atoms. The van der Waals surface area contributed by atoms with E-state index in [1.807, 2.05) is 0 Å². The van der Waals surface area contributed by atoms with Crippen LogP contribution < -0.4 is 0 Å². The van der Waals surface area contributed by atoms with Gasteiger partial charge in [-0.1, -0.05) is 30.3 Å². The van der Waals surface area contributed by atoms with Crippen molar-refractivity contribution < 1.29 is 26.1 Å². The quantitative estimate of drug-likeness (QED) is 0.840. The van der Waals surface area contributed by atoms with Gasteiger partial charge in [-0.3, -0.25) is 8.74 Å². The molecule has 0 aliphatic heterocycles. The fourth-order valence-electron chi connectivity index (χ4n) is 1.18. The zero-order valence-electron chi connectivity index (χ0n) is 7.98. The van der Waals surface area contributed by atoms with E-state index in [0.29, 0.717) is 0 Å². The van der Waals surface area contributed by atoms with Gasteiger partial charge in [-0.2, -0.15) is 17.4 Å². The summed E-state index contributed by atoms with van der Waals surface area (Å²) in [5, 5.41) is 0. The largest absolute Gasteiger partial charge is 0.391 e. The highest BCUT2D eigenvalue weighted by atomic mass is 32.2. The highest BCUT2D eigenvalue weighted by Crippen LogP contribution is 2.32. The van der Waals surface area contributed by atoms with Crippen LogP contribution in [0.15, 0.2) is 30.3 Å². The minimum Gasteiger partial charge on any atom is -0.284 e. The molecule has 0 amide bonds. The van der Waals surface area contributed by atoms with Crippen LogP contribution in [0.4, 0.5) is 13.2 Å². The van der Waals surface area contributed by atoms with Crippen LogP contribution >= 0.6 is 0 Å². The van der Waals surface area contributed by atoms with Gasteiger partial charge >= 0.3 is 17.5 Å². The highest BCUT2D eigenvalue weighted by molar-refractivity contribution is 7.74. The summed E-state index contributed by atoms with van der Waals surface area (Å²) >= 11 is -2.73. The Balaban J connectivity index is 2.84. The third-order valence-electron chi connectivity index (χ3n) is 1.79. The molecule has 0 radical (unpaired) electrons. The van der Waals surface area contributed by atoms with Crippen molar-refractivity contribution in [1.29, 1.82) is 0 Å². The van der Waals surface area contributed by atoms with E-state index < -0.39 is 30.1 Å². The molecule has 0 fully saturated rings. The van der Waals surface area contributed by atoms with Crippen molar-refractivity contribution in [2.24, 2.45) is 0 Å². The second kappa shape index (κ2) is 5.42. The molecule has 0 heterocycles. The summed E-state index contributed by atoms with van der Waals surface area (Å²) in [5.74, 6) is 0. The fourth-order valence-corrected chi connectivity index (χ4v) is 1.56. The number of alkyl halides is 3. The Morgan fingerprint density at radius 3 is 2.31 bits per heavy atom. The van der Waals surface area contributed by atoms with Gasteiger partial charge < -0.3 is 0 Å². The van der Waals surface area contributed by atoms with Crippen molar-refractivity contribution in [3.63, 3.8) is 0 Å². The predicted molar refractivity (Wildman–Crippen MR) is 51.7 cm³/mol. The molecule has 0 aromatic heterocycles. The van der Waals surface area contributed by atoms with Gasteiger partial charge in [0.25, 0.3) is 0 Å². The van der Waals surface area contributed by atoms with Gasteiger partial charge in [0, 0.05) is 0 Å². The SMILES string of the molecule is O=S(O)OC(CC(F)(F)F)c1ccccc1. The average molecular weight is 254 g/mol. The van der Waals surface area contributed by atoms with E-state index in [1.54, 1.807) is 6.07 Å². The van der Waals surface area contributed by atoms with Gasteiger partial charge in [-0.05, 0) is 5.56 Å². The van der Waals surface area contributed by atoms with Gasteiger partial charge in [-0.15, -0.1) is 0 Å². The minimum absolute atomic E-state index is 0.210. The van der Waals surface area contributed by atoms with E-state index in [0.717, 1.165) is 0 Å². The maximum Gasteiger partial charge on any atom is 0.391 e. The molecule has 1 N–H and O–H groups in total. The molecule has 2 atom stereocenters.